The minimum Gasteiger partial charge on any atom is -0.453 e. The Morgan fingerprint density at radius 3 is 2.72 bits per heavy atom. The van der Waals surface area contributed by atoms with Gasteiger partial charge in [-0.1, -0.05) is 19.3 Å². The lowest BCUT2D eigenvalue weighted by Gasteiger charge is -2.34. The maximum absolute atomic E-state index is 13.7. The molecule has 7 nitrogen and oxygen atoms in total. The zero-order valence-corrected chi connectivity index (χ0v) is 18.4. The molecule has 1 saturated carbocycles. The lowest BCUT2D eigenvalue weighted by molar-refractivity contribution is -0.135. The van der Waals surface area contributed by atoms with Gasteiger partial charge in [0.15, 0.2) is 0 Å². The molecule has 0 spiro atoms. The number of nitrogens with two attached hydrogens (primary N) is 1. The summed E-state index contributed by atoms with van der Waals surface area (Å²) in [6.07, 6.45) is 7.68. The van der Waals surface area contributed by atoms with Gasteiger partial charge in [-0.3, -0.25) is 4.79 Å². The fraction of sp³-hybridized carbons (Fsp3) is 0.583. The van der Waals surface area contributed by atoms with E-state index in [4.69, 9.17) is 10.5 Å². The third kappa shape index (κ3) is 3.45. The number of nitrogens with one attached hydrogen (secondary N) is 1. The monoisotopic (exact) mass is 442 g/mol. The molecule has 2 amide bonds. The summed E-state index contributed by atoms with van der Waals surface area (Å²) in [5, 5.41) is 0.915. The van der Waals surface area contributed by atoms with Gasteiger partial charge in [0.1, 0.15) is 5.82 Å². The molecule has 4 unspecified atom stereocenters. The quantitative estimate of drug-likeness (QED) is 0.763. The summed E-state index contributed by atoms with van der Waals surface area (Å²) in [5.74, 6) is -0.180. The van der Waals surface area contributed by atoms with Crippen molar-refractivity contribution in [3.05, 3.63) is 35.8 Å². The molecule has 0 radical (unpaired) electrons. The van der Waals surface area contributed by atoms with Gasteiger partial charge in [0, 0.05) is 36.1 Å². The number of nitrogens with zero attached hydrogens (tertiary/aromatic N) is 2. The molecule has 4 atom stereocenters. The molecule has 3 N–H and O–H groups in total. The van der Waals surface area contributed by atoms with Crippen molar-refractivity contribution >= 4 is 22.9 Å². The lowest BCUT2D eigenvalue weighted by atomic mass is 9.83. The van der Waals surface area contributed by atoms with Gasteiger partial charge in [-0.25, -0.2) is 9.18 Å². The summed E-state index contributed by atoms with van der Waals surface area (Å²) in [4.78, 5) is 32.9. The van der Waals surface area contributed by atoms with E-state index in [0.717, 1.165) is 36.6 Å². The number of ether oxygens (including phenoxy) is 1. The molecule has 5 rings (SSSR count). The SMILES string of the molecule is COC(=O)N1CC(c2c[nH]c3cc(F)ccc23)C2C1CCN2C(=O)C(N)C1CCCCC1. The smallest absolute Gasteiger partial charge is 0.409 e. The van der Waals surface area contributed by atoms with Crippen molar-refractivity contribution in [1.29, 1.82) is 0 Å². The van der Waals surface area contributed by atoms with E-state index < -0.39 is 6.04 Å². The Kier molecular flexibility index (Phi) is 5.57. The van der Waals surface area contributed by atoms with Crippen molar-refractivity contribution in [1.82, 2.24) is 14.8 Å². The van der Waals surface area contributed by atoms with Crippen LogP contribution in [0.4, 0.5) is 9.18 Å². The summed E-state index contributed by atoms with van der Waals surface area (Å²) in [7, 11) is 1.38. The lowest BCUT2D eigenvalue weighted by Crippen LogP contribution is -2.52. The van der Waals surface area contributed by atoms with Gasteiger partial charge in [-0.05, 0) is 48.9 Å². The summed E-state index contributed by atoms with van der Waals surface area (Å²) in [5.41, 5.74) is 8.21. The van der Waals surface area contributed by atoms with Crippen molar-refractivity contribution in [3.8, 4) is 0 Å². The summed E-state index contributed by atoms with van der Waals surface area (Å²) in [6, 6.07) is 3.90. The molecule has 0 bridgehead atoms. The highest BCUT2D eigenvalue weighted by molar-refractivity contribution is 5.86. The first-order valence-electron chi connectivity index (χ1n) is 11.7. The van der Waals surface area contributed by atoms with E-state index >= 15 is 0 Å². The van der Waals surface area contributed by atoms with Crippen LogP contribution in [0.3, 0.4) is 0 Å². The fourth-order valence-corrected chi connectivity index (χ4v) is 6.26. The molecule has 172 valence electrons. The summed E-state index contributed by atoms with van der Waals surface area (Å²) in [6.45, 7) is 1.03. The molecule has 3 aliphatic rings. The zero-order chi connectivity index (χ0) is 22.4. The van der Waals surface area contributed by atoms with Gasteiger partial charge in [0.25, 0.3) is 0 Å². The van der Waals surface area contributed by atoms with Crippen molar-refractivity contribution in [2.24, 2.45) is 11.7 Å². The molecule has 2 aliphatic heterocycles. The van der Waals surface area contributed by atoms with E-state index in [9.17, 15) is 14.0 Å². The van der Waals surface area contributed by atoms with Gasteiger partial charge in [-0.2, -0.15) is 0 Å². The third-order valence-corrected chi connectivity index (χ3v) is 7.84. The maximum Gasteiger partial charge on any atom is 0.409 e. The second-order valence-corrected chi connectivity index (χ2v) is 9.46. The molecule has 1 aromatic heterocycles. The van der Waals surface area contributed by atoms with Crippen LogP contribution in [0.25, 0.3) is 10.9 Å². The Morgan fingerprint density at radius 2 is 1.97 bits per heavy atom. The van der Waals surface area contributed by atoms with Gasteiger partial charge in [0.05, 0.1) is 25.2 Å². The first-order chi connectivity index (χ1) is 15.5. The zero-order valence-electron chi connectivity index (χ0n) is 18.4. The second-order valence-electron chi connectivity index (χ2n) is 9.46. The minimum atomic E-state index is -0.501. The number of aromatic amines is 1. The van der Waals surface area contributed by atoms with Crippen LogP contribution in [0, 0.1) is 11.7 Å². The van der Waals surface area contributed by atoms with Gasteiger partial charge in [0.2, 0.25) is 5.91 Å². The number of amides is 2. The second kappa shape index (κ2) is 8.39. The van der Waals surface area contributed by atoms with Crippen LogP contribution < -0.4 is 5.73 Å². The Morgan fingerprint density at radius 1 is 1.19 bits per heavy atom. The Hall–Kier alpha value is -2.61. The molecule has 8 heteroatoms. The molecular weight excluding hydrogens is 411 g/mol. The van der Waals surface area contributed by atoms with Crippen LogP contribution in [0.15, 0.2) is 24.4 Å². The third-order valence-electron chi connectivity index (χ3n) is 7.84. The molecule has 3 fully saturated rings. The molecule has 2 saturated heterocycles. The van der Waals surface area contributed by atoms with Crippen molar-refractivity contribution in [2.45, 2.75) is 62.6 Å². The minimum absolute atomic E-state index is 0.00741. The number of likely N-dealkylation sites (tertiary alicyclic amines) is 2. The van der Waals surface area contributed by atoms with Crippen LogP contribution in [0.2, 0.25) is 0 Å². The van der Waals surface area contributed by atoms with Gasteiger partial charge >= 0.3 is 6.09 Å². The van der Waals surface area contributed by atoms with Crippen LogP contribution >= 0.6 is 0 Å². The molecule has 3 heterocycles. The van der Waals surface area contributed by atoms with E-state index in [0.29, 0.717) is 25.0 Å². The standard InChI is InChI=1S/C24H31FN4O3/c1-32-24(31)29-13-18(17-12-27-19-11-15(25)7-8-16(17)19)22-20(29)9-10-28(22)23(30)21(26)14-5-3-2-4-6-14/h7-8,11-12,14,18,20-22,27H,2-6,9-10,13,26H2,1H3. The molecule has 2 aromatic rings. The Balaban J connectivity index is 1.48. The van der Waals surface area contributed by atoms with Crippen LogP contribution in [-0.2, 0) is 9.53 Å². The molecule has 1 aromatic carbocycles. The number of H-pyrrole nitrogens is 1. The summed E-state index contributed by atoms with van der Waals surface area (Å²) < 4.78 is 18.8. The van der Waals surface area contributed by atoms with Crippen LogP contribution in [0.1, 0.15) is 50.0 Å². The van der Waals surface area contributed by atoms with Crippen LogP contribution in [-0.4, -0.2) is 65.1 Å². The Labute approximate surface area is 187 Å². The molecule has 32 heavy (non-hydrogen) atoms. The highest BCUT2D eigenvalue weighted by Gasteiger charge is 2.53. The van der Waals surface area contributed by atoms with E-state index in [1.165, 1.54) is 25.7 Å². The number of methoxy groups -OCH3 is 1. The van der Waals surface area contributed by atoms with Crippen molar-refractivity contribution in [2.75, 3.05) is 20.2 Å². The maximum atomic E-state index is 13.7. The van der Waals surface area contributed by atoms with Crippen molar-refractivity contribution in [3.63, 3.8) is 0 Å². The van der Waals surface area contributed by atoms with Gasteiger partial charge < -0.3 is 25.3 Å². The first-order valence-corrected chi connectivity index (χ1v) is 11.7. The highest BCUT2D eigenvalue weighted by Crippen LogP contribution is 2.44. The largest absolute Gasteiger partial charge is 0.453 e. The topological polar surface area (TPSA) is 91.7 Å². The van der Waals surface area contributed by atoms with Crippen molar-refractivity contribution < 1.29 is 18.7 Å². The average molecular weight is 443 g/mol. The van der Waals surface area contributed by atoms with E-state index in [1.807, 2.05) is 11.1 Å². The number of fused-ring (bicyclic) bond motifs is 2. The number of benzene rings is 1. The average Bonchev–Trinajstić information content (AvgIpc) is 3.52. The number of carbonyl (C=O) groups excluding carboxylic acids is 2. The predicted molar refractivity (Wildman–Crippen MR) is 119 cm³/mol. The van der Waals surface area contributed by atoms with E-state index in [1.54, 1.807) is 11.0 Å². The number of hydrogen-bond acceptors (Lipinski definition) is 4. The summed E-state index contributed by atoms with van der Waals surface area (Å²) >= 11 is 0. The number of aromatic nitrogens is 1. The highest BCUT2D eigenvalue weighted by atomic mass is 19.1. The first kappa shape index (κ1) is 21.2. The molecular formula is C24H31FN4O3. The van der Waals surface area contributed by atoms with E-state index in [2.05, 4.69) is 4.98 Å². The number of halogens is 1. The number of hydrogen-bond donors (Lipinski definition) is 2. The number of carbonyl (C=O) groups is 2. The van der Waals surface area contributed by atoms with E-state index in [-0.39, 0.29) is 41.7 Å². The predicted octanol–water partition coefficient (Wildman–Crippen LogP) is 3.35. The molecule has 1 aliphatic carbocycles. The van der Waals surface area contributed by atoms with Gasteiger partial charge in [-0.15, -0.1) is 0 Å². The van der Waals surface area contributed by atoms with Crippen LogP contribution in [0.5, 0.6) is 0 Å². The number of rotatable bonds is 3. The fourth-order valence-electron chi connectivity index (χ4n) is 6.26. The Bertz CT molecular complexity index is 1020. The normalized spacial score (nSPS) is 27.0.